The highest BCUT2D eigenvalue weighted by molar-refractivity contribution is 5.85. The van der Waals surface area contributed by atoms with E-state index in [1.165, 1.54) is 4.90 Å². The molecule has 3 N–H and O–H groups in total. The van der Waals surface area contributed by atoms with Crippen LogP contribution in [0.1, 0.15) is 25.7 Å². The predicted molar refractivity (Wildman–Crippen MR) is 66.2 cm³/mol. The molecule has 0 heterocycles. The van der Waals surface area contributed by atoms with E-state index >= 15 is 0 Å². The molecule has 0 spiro atoms. The Balaban J connectivity index is 2.48. The maximum atomic E-state index is 12.1. The highest BCUT2D eigenvalue weighted by Gasteiger charge is 2.28. The summed E-state index contributed by atoms with van der Waals surface area (Å²) in [6.07, 6.45) is 3.98. The van der Waals surface area contributed by atoms with Crippen LogP contribution in [0.25, 0.3) is 0 Å². The summed E-state index contributed by atoms with van der Waals surface area (Å²) in [6, 6.07) is 0. The molecule has 0 aromatic rings. The van der Waals surface area contributed by atoms with Crippen LogP contribution in [0.3, 0.4) is 0 Å². The molecule has 0 aromatic heterocycles. The summed E-state index contributed by atoms with van der Waals surface area (Å²) in [5.41, 5.74) is 5.65. The van der Waals surface area contributed by atoms with E-state index in [1.807, 2.05) is 0 Å². The van der Waals surface area contributed by atoms with Crippen LogP contribution in [0.15, 0.2) is 0 Å². The van der Waals surface area contributed by atoms with Gasteiger partial charge in [0.15, 0.2) is 0 Å². The molecular weight excluding hydrogens is 218 g/mol. The summed E-state index contributed by atoms with van der Waals surface area (Å²) in [6.45, 7) is 0.794. The predicted octanol–water partition coefficient (Wildman–Crippen LogP) is -0.0441. The summed E-state index contributed by atoms with van der Waals surface area (Å²) >= 11 is 0. The normalized spacial score (nSPS) is 24.2. The number of hydrogen-bond donors (Lipinski definition) is 2. The summed E-state index contributed by atoms with van der Waals surface area (Å²) in [4.78, 5) is 24.8. The van der Waals surface area contributed by atoms with Crippen LogP contribution in [0, 0.1) is 11.8 Å². The number of amides is 2. The molecule has 2 atom stereocenters. The third-order valence-electron chi connectivity index (χ3n) is 3.50. The van der Waals surface area contributed by atoms with Gasteiger partial charge >= 0.3 is 0 Å². The Bertz CT molecular complexity index is 281. The molecule has 2 amide bonds. The van der Waals surface area contributed by atoms with Crippen LogP contribution in [0.2, 0.25) is 0 Å². The quantitative estimate of drug-likeness (QED) is 0.725. The minimum Gasteiger partial charge on any atom is -0.358 e. The molecular formula is C12H23N3O2. The van der Waals surface area contributed by atoms with Crippen LogP contribution in [0.5, 0.6) is 0 Å². The Morgan fingerprint density at radius 2 is 2.12 bits per heavy atom. The Hall–Kier alpha value is -1.10. The van der Waals surface area contributed by atoms with E-state index in [0.29, 0.717) is 12.5 Å². The lowest BCUT2D eigenvalue weighted by Gasteiger charge is -2.30. The van der Waals surface area contributed by atoms with Crippen molar-refractivity contribution >= 4 is 11.8 Å². The average molecular weight is 241 g/mol. The summed E-state index contributed by atoms with van der Waals surface area (Å²) in [5.74, 6) is 0.455. The van der Waals surface area contributed by atoms with Gasteiger partial charge in [-0.3, -0.25) is 9.59 Å². The van der Waals surface area contributed by atoms with Gasteiger partial charge in [-0.25, -0.2) is 0 Å². The molecule has 0 saturated heterocycles. The summed E-state index contributed by atoms with van der Waals surface area (Å²) in [7, 11) is 3.26. The molecule has 2 unspecified atom stereocenters. The lowest BCUT2D eigenvalue weighted by atomic mass is 9.81. The van der Waals surface area contributed by atoms with Crippen molar-refractivity contribution in [1.29, 1.82) is 0 Å². The molecule has 1 aliphatic rings. The van der Waals surface area contributed by atoms with Gasteiger partial charge in [0.1, 0.15) is 0 Å². The molecule has 1 fully saturated rings. The molecule has 0 aromatic carbocycles. The van der Waals surface area contributed by atoms with E-state index in [4.69, 9.17) is 5.73 Å². The average Bonchev–Trinajstić information content (AvgIpc) is 2.37. The summed E-state index contributed by atoms with van der Waals surface area (Å²) < 4.78 is 0. The van der Waals surface area contributed by atoms with Crippen LogP contribution in [-0.2, 0) is 9.59 Å². The minimum absolute atomic E-state index is 0.0481. The second kappa shape index (κ2) is 6.59. The molecule has 1 aliphatic carbocycles. The molecule has 5 nitrogen and oxygen atoms in total. The number of nitrogens with two attached hydrogens (primary N) is 1. The van der Waals surface area contributed by atoms with Crippen molar-refractivity contribution in [2.24, 2.45) is 17.6 Å². The highest BCUT2D eigenvalue weighted by Crippen LogP contribution is 2.29. The van der Waals surface area contributed by atoms with E-state index < -0.39 is 0 Å². The second-order valence-electron chi connectivity index (χ2n) is 4.83. The first-order chi connectivity index (χ1) is 8.08. The van der Waals surface area contributed by atoms with Crippen molar-refractivity contribution in [3.05, 3.63) is 0 Å². The first-order valence-corrected chi connectivity index (χ1v) is 6.24. The van der Waals surface area contributed by atoms with Crippen LogP contribution < -0.4 is 11.1 Å². The number of nitrogens with one attached hydrogen (secondary N) is 1. The van der Waals surface area contributed by atoms with Gasteiger partial charge in [-0.15, -0.1) is 0 Å². The van der Waals surface area contributed by atoms with Crippen molar-refractivity contribution in [3.63, 3.8) is 0 Å². The fourth-order valence-electron chi connectivity index (χ4n) is 2.41. The van der Waals surface area contributed by atoms with E-state index in [9.17, 15) is 9.59 Å². The fraction of sp³-hybridized carbons (Fsp3) is 0.833. The maximum absolute atomic E-state index is 12.1. The molecule has 0 radical (unpaired) electrons. The second-order valence-corrected chi connectivity index (χ2v) is 4.83. The monoisotopic (exact) mass is 241 g/mol. The minimum atomic E-state index is -0.132. The van der Waals surface area contributed by atoms with Gasteiger partial charge in [-0.05, 0) is 31.7 Å². The number of carbonyl (C=O) groups excluding carboxylic acids is 2. The molecule has 0 bridgehead atoms. The first-order valence-electron chi connectivity index (χ1n) is 6.24. The zero-order valence-corrected chi connectivity index (χ0v) is 10.7. The Labute approximate surface area is 103 Å². The third kappa shape index (κ3) is 4.00. The standard InChI is InChI=1S/C12H23N3O2/c1-14-11(16)8-15(2)12(17)10-5-3-4-9(6-10)7-13/h9-10H,3-8,13H2,1-2H3,(H,14,16). The van der Waals surface area contributed by atoms with Gasteiger partial charge in [0.2, 0.25) is 11.8 Å². The SMILES string of the molecule is CNC(=O)CN(C)C(=O)C1CCCC(CN)C1. The number of hydrogen-bond acceptors (Lipinski definition) is 3. The van der Waals surface area contributed by atoms with E-state index in [1.54, 1.807) is 14.1 Å². The molecule has 0 aliphatic heterocycles. The lowest BCUT2D eigenvalue weighted by molar-refractivity contribution is -0.139. The number of carbonyl (C=O) groups is 2. The lowest BCUT2D eigenvalue weighted by Crippen LogP contribution is -2.41. The topological polar surface area (TPSA) is 75.4 Å². The Morgan fingerprint density at radius 3 is 2.71 bits per heavy atom. The van der Waals surface area contributed by atoms with Gasteiger partial charge < -0.3 is 16.0 Å². The van der Waals surface area contributed by atoms with Crippen LogP contribution in [-0.4, -0.2) is 43.9 Å². The van der Waals surface area contributed by atoms with Gasteiger partial charge in [0.25, 0.3) is 0 Å². The number of likely N-dealkylation sites (N-methyl/N-ethyl adjacent to an activating group) is 2. The molecule has 1 saturated carbocycles. The van der Waals surface area contributed by atoms with E-state index in [-0.39, 0.29) is 24.3 Å². The number of nitrogens with zero attached hydrogens (tertiary/aromatic N) is 1. The van der Waals surface area contributed by atoms with Crippen molar-refractivity contribution in [2.45, 2.75) is 25.7 Å². The first kappa shape index (κ1) is 14.0. The number of rotatable bonds is 4. The van der Waals surface area contributed by atoms with E-state index in [2.05, 4.69) is 5.32 Å². The summed E-state index contributed by atoms with van der Waals surface area (Å²) in [5, 5.41) is 2.52. The molecule has 17 heavy (non-hydrogen) atoms. The maximum Gasteiger partial charge on any atom is 0.239 e. The fourth-order valence-corrected chi connectivity index (χ4v) is 2.41. The van der Waals surface area contributed by atoms with E-state index in [0.717, 1.165) is 25.7 Å². The Kier molecular flexibility index (Phi) is 5.41. The molecule has 98 valence electrons. The van der Waals surface area contributed by atoms with Gasteiger partial charge in [-0.1, -0.05) is 6.42 Å². The van der Waals surface area contributed by atoms with Gasteiger partial charge in [0.05, 0.1) is 6.54 Å². The van der Waals surface area contributed by atoms with Gasteiger partial charge in [-0.2, -0.15) is 0 Å². The largest absolute Gasteiger partial charge is 0.358 e. The smallest absolute Gasteiger partial charge is 0.239 e. The molecule has 5 heteroatoms. The third-order valence-corrected chi connectivity index (χ3v) is 3.50. The zero-order valence-electron chi connectivity index (χ0n) is 10.7. The van der Waals surface area contributed by atoms with Crippen molar-refractivity contribution in [2.75, 3.05) is 27.2 Å². The van der Waals surface area contributed by atoms with Crippen molar-refractivity contribution in [3.8, 4) is 0 Å². The zero-order chi connectivity index (χ0) is 12.8. The van der Waals surface area contributed by atoms with Crippen LogP contribution >= 0.6 is 0 Å². The van der Waals surface area contributed by atoms with Crippen LogP contribution in [0.4, 0.5) is 0 Å². The molecule has 1 rings (SSSR count). The Morgan fingerprint density at radius 1 is 1.41 bits per heavy atom. The van der Waals surface area contributed by atoms with Gasteiger partial charge in [0, 0.05) is 20.0 Å². The highest BCUT2D eigenvalue weighted by atomic mass is 16.2. The van der Waals surface area contributed by atoms with Crippen molar-refractivity contribution in [1.82, 2.24) is 10.2 Å². The van der Waals surface area contributed by atoms with Crippen molar-refractivity contribution < 1.29 is 9.59 Å².